The zero-order chi connectivity index (χ0) is 15.3. The summed E-state index contributed by atoms with van der Waals surface area (Å²) in [5.74, 6) is -0.251. The Balaban J connectivity index is 2.65. The highest BCUT2D eigenvalue weighted by atomic mass is 32.2. The Morgan fingerprint density at radius 3 is 2.60 bits per heavy atom. The molecule has 0 amide bonds. The van der Waals surface area contributed by atoms with Gasteiger partial charge in [0.05, 0.1) is 11.5 Å². The van der Waals surface area contributed by atoms with E-state index in [1.54, 1.807) is 0 Å². The Hall–Kier alpha value is -1.18. The van der Waals surface area contributed by atoms with E-state index in [1.165, 1.54) is 13.0 Å². The van der Waals surface area contributed by atoms with Crippen molar-refractivity contribution in [2.45, 2.75) is 25.7 Å². The van der Waals surface area contributed by atoms with Crippen molar-refractivity contribution < 1.29 is 17.5 Å². The first-order valence-electron chi connectivity index (χ1n) is 6.37. The number of nitrogens with two attached hydrogens (primary N) is 1. The topological polar surface area (TPSA) is 81.4 Å². The van der Waals surface area contributed by atoms with E-state index >= 15 is 0 Å². The maximum atomic E-state index is 13.5. The van der Waals surface area contributed by atoms with Crippen LogP contribution in [0.15, 0.2) is 17.0 Å². The minimum Gasteiger partial charge on any atom is -0.398 e. The summed E-state index contributed by atoms with van der Waals surface area (Å²) >= 11 is 0. The first-order valence-corrected chi connectivity index (χ1v) is 7.85. The van der Waals surface area contributed by atoms with E-state index in [9.17, 15) is 12.8 Å². The highest BCUT2D eigenvalue weighted by molar-refractivity contribution is 7.89. The Morgan fingerprint density at radius 1 is 1.40 bits per heavy atom. The van der Waals surface area contributed by atoms with Crippen LogP contribution >= 0.6 is 0 Å². The van der Waals surface area contributed by atoms with E-state index in [0.29, 0.717) is 12.5 Å². The van der Waals surface area contributed by atoms with Crippen LogP contribution in [0, 0.1) is 18.7 Å². The number of benzene rings is 1. The molecule has 0 aliphatic rings. The maximum Gasteiger partial charge on any atom is 0.240 e. The molecule has 1 aromatic carbocycles. The third kappa shape index (κ3) is 4.73. The zero-order valence-electron chi connectivity index (χ0n) is 11.9. The number of hydrogen-bond acceptors (Lipinski definition) is 4. The van der Waals surface area contributed by atoms with Crippen molar-refractivity contribution in [2.24, 2.45) is 5.92 Å². The Morgan fingerprint density at radius 2 is 2.05 bits per heavy atom. The predicted molar refractivity (Wildman–Crippen MR) is 76.4 cm³/mol. The van der Waals surface area contributed by atoms with Crippen molar-refractivity contribution in [1.29, 1.82) is 0 Å². The second-order valence-electron chi connectivity index (χ2n) is 4.99. The van der Waals surface area contributed by atoms with Gasteiger partial charge in [-0.1, -0.05) is 13.8 Å². The van der Waals surface area contributed by atoms with Gasteiger partial charge in [0.1, 0.15) is 5.82 Å². The van der Waals surface area contributed by atoms with Crippen molar-refractivity contribution in [2.75, 3.05) is 25.5 Å². The Bertz CT molecular complexity index is 536. The van der Waals surface area contributed by atoms with Crippen LogP contribution in [0.2, 0.25) is 0 Å². The van der Waals surface area contributed by atoms with Gasteiger partial charge < -0.3 is 10.5 Å². The van der Waals surface area contributed by atoms with Crippen LogP contribution in [-0.4, -0.2) is 28.2 Å². The number of hydrogen-bond donors (Lipinski definition) is 2. The van der Waals surface area contributed by atoms with Gasteiger partial charge in [-0.05, 0) is 25.0 Å². The van der Waals surface area contributed by atoms with Crippen LogP contribution in [0.25, 0.3) is 0 Å². The van der Waals surface area contributed by atoms with Gasteiger partial charge in [-0.3, -0.25) is 0 Å². The van der Waals surface area contributed by atoms with E-state index in [2.05, 4.69) is 4.72 Å². The molecule has 0 aliphatic carbocycles. The van der Waals surface area contributed by atoms with Crippen molar-refractivity contribution in [3.63, 3.8) is 0 Å². The molecule has 20 heavy (non-hydrogen) atoms. The van der Waals surface area contributed by atoms with Crippen molar-refractivity contribution >= 4 is 15.7 Å². The summed E-state index contributed by atoms with van der Waals surface area (Å²) in [7, 11) is -3.77. The number of ether oxygens (including phenoxy) is 1. The van der Waals surface area contributed by atoms with E-state index in [4.69, 9.17) is 10.5 Å². The van der Waals surface area contributed by atoms with Gasteiger partial charge >= 0.3 is 0 Å². The summed E-state index contributed by atoms with van der Waals surface area (Å²) in [5, 5.41) is 0. The molecule has 3 N–H and O–H groups in total. The molecule has 0 spiro atoms. The molecule has 0 fully saturated rings. The van der Waals surface area contributed by atoms with Gasteiger partial charge in [-0.15, -0.1) is 0 Å². The molecule has 0 aromatic heterocycles. The summed E-state index contributed by atoms with van der Waals surface area (Å²) in [4.78, 5) is -0.179. The second kappa shape index (κ2) is 7.01. The van der Waals surface area contributed by atoms with Crippen molar-refractivity contribution in [3.8, 4) is 0 Å². The molecule has 0 unspecified atom stereocenters. The fourth-order valence-electron chi connectivity index (χ4n) is 1.48. The molecule has 0 saturated heterocycles. The van der Waals surface area contributed by atoms with E-state index in [-0.39, 0.29) is 29.3 Å². The molecule has 1 rings (SSSR count). The summed E-state index contributed by atoms with van der Waals surface area (Å²) in [6.07, 6.45) is 0. The molecular weight excluding hydrogens is 283 g/mol. The zero-order valence-corrected chi connectivity index (χ0v) is 12.8. The standard InChI is InChI=1S/C13H21FN2O3S/c1-9(2)8-19-5-4-16-20(17,18)11-6-12(14)10(3)13(15)7-11/h6-7,9,16H,4-5,8,15H2,1-3H3. The fourth-order valence-corrected chi connectivity index (χ4v) is 2.54. The summed E-state index contributed by atoms with van der Waals surface area (Å²) in [6.45, 7) is 6.46. The molecule has 0 heterocycles. The van der Waals surface area contributed by atoms with Crippen LogP contribution < -0.4 is 10.5 Å². The number of halogens is 1. The van der Waals surface area contributed by atoms with Gasteiger partial charge in [0, 0.05) is 24.4 Å². The maximum absolute atomic E-state index is 13.5. The fraction of sp³-hybridized carbons (Fsp3) is 0.538. The van der Waals surface area contributed by atoms with Crippen LogP contribution in [0.5, 0.6) is 0 Å². The smallest absolute Gasteiger partial charge is 0.240 e. The number of sulfonamides is 1. The SMILES string of the molecule is Cc1c(N)cc(S(=O)(=O)NCCOCC(C)C)cc1F. The largest absolute Gasteiger partial charge is 0.398 e. The molecule has 114 valence electrons. The summed E-state index contributed by atoms with van der Waals surface area (Å²) < 4.78 is 45.0. The summed E-state index contributed by atoms with van der Waals surface area (Å²) in [5.41, 5.74) is 5.92. The minimum atomic E-state index is -3.77. The van der Waals surface area contributed by atoms with Crippen molar-refractivity contribution in [3.05, 3.63) is 23.5 Å². The van der Waals surface area contributed by atoms with Crippen LogP contribution in [0.4, 0.5) is 10.1 Å². The highest BCUT2D eigenvalue weighted by Crippen LogP contribution is 2.20. The first-order chi connectivity index (χ1) is 9.24. The third-order valence-corrected chi connectivity index (χ3v) is 4.10. The lowest BCUT2D eigenvalue weighted by atomic mass is 10.2. The van der Waals surface area contributed by atoms with Crippen LogP contribution in [0.1, 0.15) is 19.4 Å². The molecule has 1 aromatic rings. The number of rotatable bonds is 7. The molecule has 5 nitrogen and oxygen atoms in total. The van der Waals surface area contributed by atoms with Crippen LogP contribution in [0.3, 0.4) is 0 Å². The second-order valence-corrected chi connectivity index (χ2v) is 6.75. The molecular formula is C13H21FN2O3S. The normalized spacial score (nSPS) is 12.1. The van der Waals surface area contributed by atoms with E-state index < -0.39 is 15.8 Å². The number of nitrogen functional groups attached to an aromatic ring is 1. The molecule has 0 aliphatic heterocycles. The molecule has 7 heteroatoms. The average Bonchev–Trinajstić information content (AvgIpc) is 2.34. The Labute approximate surface area is 119 Å². The van der Waals surface area contributed by atoms with Gasteiger partial charge in [-0.25, -0.2) is 17.5 Å². The van der Waals surface area contributed by atoms with Gasteiger partial charge in [0.25, 0.3) is 0 Å². The predicted octanol–water partition coefficient (Wildman–Crippen LogP) is 1.67. The van der Waals surface area contributed by atoms with E-state index in [1.807, 2.05) is 13.8 Å². The quantitative estimate of drug-likeness (QED) is 0.593. The van der Waals surface area contributed by atoms with Crippen LogP contribution in [-0.2, 0) is 14.8 Å². The highest BCUT2D eigenvalue weighted by Gasteiger charge is 2.16. The molecule has 0 radical (unpaired) electrons. The molecule has 0 atom stereocenters. The molecule has 0 saturated carbocycles. The lowest BCUT2D eigenvalue weighted by molar-refractivity contribution is 0.114. The van der Waals surface area contributed by atoms with E-state index in [0.717, 1.165) is 6.07 Å². The lowest BCUT2D eigenvalue weighted by Gasteiger charge is -2.10. The minimum absolute atomic E-state index is 0.112. The van der Waals surface area contributed by atoms with Gasteiger partial charge in [0.2, 0.25) is 10.0 Å². The van der Waals surface area contributed by atoms with Crippen molar-refractivity contribution in [1.82, 2.24) is 4.72 Å². The van der Waals surface area contributed by atoms with Gasteiger partial charge in [-0.2, -0.15) is 0 Å². The number of anilines is 1. The summed E-state index contributed by atoms with van der Waals surface area (Å²) in [6, 6.07) is 2.21. The lowest BCUT2D eigenvalue weighted by Crippen LogP contribution is -2.28. The molecule has 0 bridgehead atoms. The average molecular weight is 304 g/mol. The first kappa shape index (κ1) is 16.9. The third-order valence-electron chi connectivity index (χ3n) is 2.66. The van der Waals surface area contributed by atoms with Gasteiger partial charge in [0.15, 0.2) is 0 Å². The number of nitrogens with one attached hydrogen (secondary N) is 1. The monoisotopic (exact) mass is 304 g/mol. The Kier molecular flexibility index (Phi) is 5.91.